The molecule has 0 fully saturated rings. The minimum absolute atomic E-state index is 0.106. The number of nitrogens with zero attached hydrogens (tertiary/aromatic N) is 3. The van der Waals surface area contributed by atoms with Crippen LogP contribution in [0, 0.1) is 0 Å². The molecule has 1 amide bonds. The number of amides is 1. The first kappa shape index (κ1) is 23.9. The number of hydrogen-bond acceptors (Lipinski definition) is 5. The van der Waals surface area contributed by atoms with Gasteiger partial charge in [0.05, 0.1) is 5.75 Å². The van der Waals surface area contributed by atoms with Crippen LogP contribution in [0.1, 0.15) is 31.2 Å². The average Bonchev–Trinajstić information content (AvgIpc) is 3.25. The highest BCUT2D eigenvalue weighted by atomic mass is 35.5. The summed E-state index contributed by atoms with van der Waals surface area (Å²) in [6.07, 6.45) is 0. The van der Waals surface area contributed by atoms with Crippen molar-refractivity contribution in [1.29, 1.82) is 0 Å². The van der Waals surface area contributed by atoms with Crippen LogP contribution in [0.15, 0.2) is 84.0 Å². The van der Waals surface area contributed by atoms with Gasteiger partial charge < -0.3 is 10.1 Å². The van der Waals surface area contributed by atoms with Crippen molar-refractivity contribution in [3.63, 3.8) is 0 Å². The molecule has 0 bridgehead atoms. The molecule has 0 atom stereocenters. The zero-order chi connectivity index (χ0) is 23.9. The number of rotatable bonds is 9. The van der Waals surface area contributed by atoms with Gasteiger partial charge in [-0.15, -0.1) is 10.2 Å². The van der Waals surface area contributed by atoms with Crippen LogP contribution in [0.5, 0.6) is 5.75 Å². The highest BCUT2D eigenvalue weighted by molar-refractivity contribution is 7.99. The summed E-state index contributed by atoms with van der Waals surface area (Å²) in [6, 6.07) is 24.8. The highest BCUT2D eigenvalue weighted by Gasteiger charge is 2.17. The van der Waals surface area contributed by atoms with Crippen molar-refractivity contribution >= 4 is 35.0 Å². The number of halogens is 1. The quantitative estimate of drug-likeness (QED) is 0.275. The maximum atomic E-state index is 12.7. The van der Waals surface area contributed by atoms with Crippen molar-refractivity contribution in [1.82, 2.24) is 14.8 Å². The molecule has 0 saturated heterocycles. The van der Waals surface area contributed by atoms with E-state index in [9.17, 15) is 4.79 Å². The third-order valence-electron chi connectivity index (χ3n) is 5.09. The molecule has 4 rings (SSSR count). The zero-order valence-corrected chi connectivity index (χ0v) is 20.5. The third-order valence-corrected chi connectivity index (χ3v) is 6.27. The minimum Gasteiger partial charge on any atom is -0.486 e. The first-order valence-electron chi connectivity index (χ1n) is 10.9. The summed E-state index contributed by atoms with van der Waals surface area (Å²) in [7, 11) is 0. The van der Waals surface area contributed by atoms with Gasteiger partial charge in [0, 0.05) is 16.4 Å². The van der Waals surface area contributed by atoms with Crippen molar-refractivity contribution < 1.29 is 9.53 Å². The molecule has 1 heterocycles. The summed E-state index contributed by atoms with van der Waals surface area (Å²) in [5.41, 5.74) is 2.78. The molecule has 0 aliphatic heterocycles. The Labute approximate surface area is 208 Å². The molecule has 0 saturated carbocycles. The second kappa shape index (κ2) is 11.2. The molecule has 0 unspecified atom stereocenters. The number of nitrogens with one attached hydrogen (secondary N) is 1. The van der Waals surface area contributed by atoms with Crippen LogP contribution < -0.4 is 10.1 Å². The Bertz CT molecular complexity index is 1240. The highest BCUT2D eigenvalue weighted by Crippen LogP contribution is 2.26. The Kier molecular flexibility index (Phi) is 7.87. The molecule has 1 N–H and O–H groups in total. The van der Waals surface area contributed by atoms with Gasteiger partial charge >= 0.3 is 0 Å². The largest absolute Gasteiger partial charge is 0.486 e. The number of carbonyl (C=O) groups is 1. The molecular weight excluding hydrogens is 468 g/mol. The van der Waals surface area contributed by atoms with Crippen molar-refractivity contribution in [2.24, 2.45) is 0 Å². The van der Waals surface area contributed by atoms with Crippen molar-refractivity contribution in [3.05, 3.63) is 95.3 Å². The van der Waals surface area contributed by atoms with E-state index in [1.165, 1.54) is 11.8 Å². The van der Waals surface area contributed by atoms with E-state index in [1.54, 1.807) is 0 Å². The lowest BCUT2D eigenvalue weighted by atomic mass is 10.0. The lowest BCUT2D eigenvalue weighted by Gasteiger charge is -2.14. The molecule has 3 aromatic carbocycles. The fourth-order valence-corrected chi connectivity index (χ4v) is 4.33. The Morgan fingerprint density at radius 2 is 1.71 bits per heavy atom. The van der Waals surface area contributed by atoms with E-state index < -0.39 is 0 Å². The van der Waals surface area contributed by atoms with Gasteiger partial charge in [0.1, 0.15) is 12.4 Å². The van der Waals surface area contributed by atoms with Crippen molar-refractivity contribution in [2.75, 3.05) is 11.1 Å². The SMILES string of the molecule is CC(C)c1ccccc1NC(=O)CSc1nnc(COc2ccccc2)n1-c1ccc(Cl)cc1. The second-order valence-corrected chi connectivity index (χ2v) is 9.27. The molecule has 0 radical (unpaired) electrons. The molecule has 1 aromatic heterocycles. The monoisotopic (exact) mass is 492 g/mol. The average molecular weight is 493 g/mol. The minimum atomic E-state index is -0.106. The number of hydrogen-bond donors (Lipinski definition) is 1. The molecule has 0 spiro atoms. The molecule has 8 heteroatoms. The van der Waals surface area contributed by atoms with Gasteiger partial charge in [-0.3, -0.25) is 9.36 Å². The van der Waals surface area contributed by atoms with Crippen LogP contribution in [0.4, 0.5) is 5.69 Å². The normalized spacial score (nSPS) is 10.9. The number of ether oxygens (including phenoxy) is 1. The maximum absolute atomic E-state index is 12.7. The van der Waals surface area contributed by atoms with Crippen molar-refractivity contribution in [2.45, 2.75) is 31.5 Å². The van der Waals surface area contributed by atoms with E-state index in [0.29, 0.717) is 21.9 Å². The summed E-state index contributed by atoms with van der Waals surface area (Å²) < 4.78 is 7.78. The third kappa shape index (κ3) is 5.98. The maximum Gasteiger partial charge on any atom is 0.234 e. The first-order valence-corrected chi connectivity index (χ1v) is 12.3. The molecule has 34 heavy (non-hydrogen) atoms. The Morgan fingerprint density at radius 1 is 1.00 bits per heavy atom. The number of benzene rings is 3. The number of aromatic nitrogens is 3. The number of carbonyl (C=O) groups excluding carboxylic acids is 1. The fourth-order valence-electron chi connectivity index (χ4n) is 3.43. The van der Waals surface area contributed by atoms with E-state index >= 15 is 0 Å². The van der Waals surface area contributed by atoms with E-state index in [-0.39, 0.29) is 18.3 Å². The zero-order valence-electron chi connectivity index (χ0n) is 18.9. The Balaban J connectivity index is 1.51. The summed E-state index contributed by atoms with van der Waals surface area (Å²) in [5, 5.41) is 12.9. The van der Waals surface area contributed by atoms with E-state index in [1.807, 2.05) is 83.4 Å². The lowest BCUT2D eigenvalue weighted by molar-refractivity contribution is -0.113. The van der Waals surface area contributed by atoms with Crippen LogP contribution in [0.25, 0.3) is 5.69 Å². The van der Waals surface area contributed by atoms with Gasteiger partial charge in [-0.1, -0.05) is 73.6 Å². The molecular formula is C26H25ClN4O2S. The Morgan fingerprint density at radius 3 is 2.44 bits per heavy atom. The van der Waals surface area contributed by atoms with E-state index in [4.69, 9.17) is 16.3 Å². The van der Waals surface area contributed by atoms with Gasteiger partial charge in [0.25, 0.3) is 0 Å². The summed E-state index contributed by atoms with van der Waals surface area (Å²) in [6.45, 7) is 4.44. The molecule has 174 valence electrons. The van der Waals surface area contributed by atoms with Gasteiger partial charge in [0.2, 0.25) is 5.91 Å². The molecule has 4 aromatic rings. The van der Waals surface area contributed by atoms with Gasteiger partial charge in [-0.25, -0.2) is 0 Å². The molecule has 6 nitrogen and oxygen atoms in total. The van der Waals surface area contributed by atoms with Crippen LogP contribution in [-0.2, 0) is 11.4 Å². The van der Waals surface area contributed by atoms with Crippen LogP contribution in [0.2, 0.25) is 5.02 Å². The van der Waals surface area contributed by atoms with Crippen LogP contribution >= 0.6 is 23.4 Å². The molecule has 0 aliphatic carbocycles. The lowest BCUT2D eigenvalue weighted by Crippen LogP contribution is -2.16. The van der Waals surface area contributed by atoms with Crippen LogP contribution in [0.3, 0.4) is 0 Å². The number of para-hydroxylation sites is 2. The fraction of sp³-hybridized carbons (Fsp3) is 0.192. The number of anilines is 1. The predicted octanol–water partition coefficient (Wildman–Crippen LogP) is 6.35. The van der Waals surface area contributed by atoms with E-state index in [2.05, 4.69) is 29.4 Å². The predicted molar refractivity (Wildman–Crippen MR) is 137 cm³/mol. The summed E-state index contributed by atoms with van der Waals surface area (Å²) in [4.78, 5) is 12.7. The van der Waals surface area contributed by atoms with Gasteiger partial charge in [-0.2, -0.15) is 0 Å². The summed E-state index contributed by atoms with van der Waals surface area (Å²) in [5.74, 6) is 1.76. The Hall–Kier alpha value is -3.29. The molecule has 0 aliphatic rings. The summed E-state index contributed by atoms with van der Waals surface area (Å²) >= 11 is 7.40. The second-order valence-electron chi connectivity index (χ2n) is 7.89. The van der Waals surface area contributed by atoms with Crippen LogP contribution in [-0.4, -0.2) is 26.4 Å². The van der Waals surface area contributed by atoms with Gasteiger partial charge in [-0.05, 0) is 53.9 Å². The standard InChI is InChI=1S/C26H25ClN4O2S/c1-18(2)22-10-6-7-11-23(22)28-25(32)17-34-26-30-29-24(16-33-21-8-4-3-5-9-21)31(26)20-14-12-19(27)13-15-20/h3-15,18H,16-17H2,1-2H3,(H,28,32). The van der Waals surface area contributed by atoms with Crippen molar-refractivity contribution in [3.8, 4) is 11.4 Å². The van der Waals surface area contributed by atoms with E-state index in [0.717, 1.165) is 22.7 Å². The number of thioether (sulfide) groups is 1. The topological polar surface area (TPSA) is 69.0 Å². The van der Waals surface area contributed by atoms with Gasteiger partial charge in [0.15, 0.2) is 11.0 Å². The first-order chi connectivity index (χ1) is 16.5. The smallest absolute Gasteiger partial charge is 0.234 e.